The summed E-state index contributed by atoms with van der Waals surface area (Å²) in [7, 11) is 0. The molecule has 1 saturated carbocycles. The van der Waals surface area contributed by atoms with Gasteiger partial charge in [-0.2, -0.15) is 8.78 Å². The van der Waals surface area contributed by atoms with E-state index in [1.807, 2.05) is 54.6 Å². The molecular weight excluding hydrogens is 464 g/mol. The van der Waals surface area contributed by atoms with Crippen molar-refractivity contribution >= 4 is 17.4 Å². The van der Waals surface area contributed by atoms with Gasteiger partial charge < -0.3 is 15.2 Å². The molecule has 6 nitrogen and oxygen atoms in total. The Balaban J connectivity index is 0.000000383. The third-order valence-corrected chi connectivity index (χ3v) is 5.94. The van der Waals surface area contributed by atoms with Crippen molar-refractivity contribution in [1.29, 1.82) is 0 Å². The van der Waals surface area contributed by atoms with Gasteiger partial charge in [-0.05, 0) is 61.4 Å². The Morgan fingerprint density at radius 2 is 1.75 bits per heavy atom. The number of pyridine rings is 1. The third kappa shape index (κ3) is 7.24. The van der Waals surface area contributed by atoms with Gasteiger partial charge in [0.15, 0.2) is 0 Å². The van der Waals surface area contributed by atoms with Crippen molar-refractivity contribution in [3.05, 3.63) is 83.6 Å². The van der Waals surface area contributed by atoms with E-state index in [0.29, 0.717) is 5.69 Å². The number of para-hydroxylation sites is 1. The quantitative estimate of drug-likeness (QED) is 0.373. The summed E-state index contributed by atoms with van der Waals surface area (Å²) < 4.78 is 30.0. The molecule has 0 bridgehead atoms. The predicted octanol–water partition coefficient (Wildman–Crippen LogP) is 6.88. The Hall–Kier alpha value is -3.52. The van der Waals surface area contributed by atoms with Crippen LogP contribution in [0.25, 0.3) is 0 Å². The first-order valence-electron chi connectivity index (χ1n) is 12.1. The average Bonchev–Trinajstić information content (AvgIpc) is 2.83. The number of urea groups is 1. The van der Waals surface area contributed by atoms with Crippen molar-refractivity contribution in [1.82, 2.24) is 4.98 Å². The Kier molecular flexibility index (Phi) is 9.76. The average molecular weight is 498 g/mol. The summed E-state index contributed by atoms with van der Waals surface area (Å²) >= 11 is 0. The van der Waals surface area contributed by atoms with Crippen LogP contribution in [0.2, 0.25) is 0 Å². The highest BCUT2D eigenvalue weighted by Gasteiger charge is 2.32. The topological polar surface area (TPSA) is 74.7 Å². The Bertz CT molecular complexity index is 1120. The first-order valence-corrected chi connectivity index (χ1v) is 12.1. The second-order valence-corrected chi connectivity index (χ2v) is 8.93. The maximum atomic E-state index is 13.2. The number of aliphatic hydroxyl groups is 1. The minimum Gasteiger partial charge on any atom is -0.415 e. The molecule has 1 aliphatic carbocycles. The third-order valence-electron chi connectivity index (χ3n) is 5.94. The van der Waals surface area contributed by atoms with Gasteiger partial charge in [0.05, 0.1) is 6.61 Å². The number of aryl methyl sites for hydroxylation is 1. The molecule has 0 atom stereocenters. The number of hydrogen-bond donors (Lipinski definition) is 2. The zero-order valence-corrected chi connectivity index (χ0v) is 20.8. The number of alkyl halides is 2. The molecule has 0 aliphatic heterocycles. The molecule has 0 unspecified atom stereocenters. The van der Waals surface area contributed by atoms with Crippen LogP contribution in [0.3, 0.4) is 0 Å². The lowest BCUT2D eigenvalue weighted by Gasteiger charge is -2.39. The smallest absolute Gasteiger partial charge is 0.388 e. The molecule has 0 spiro atoms. The molecule has 2 amide bonds. The van der Waals surface area contributed by atoms with Crippen LogP contribution < -0.4 is 15.0 Å². The van der Waals surface area contributed by atoms with Gasteiger partial charge >= 0.3 is 12.6 Å². The second-order valence-electron chi connectivity index (χ2n) is 8.93. The molecule has 2 N–H and O–H groups in total. The van der Waals surface area contributed by atoms with E-state index < -0.39 is 6.61 Å². The van der Waals surface area contributed by atoms with Gasteiger partial charge in [0.2, 0.25) is 5.88 Å². The van der Waals surface area contributed by atoms with Crippen molar-refractivity contribution in [3.8, 4) is 5.88 Å². The van der Waals surface area contributed by atoms with Crippen molar-refractivity contribution in [2.45, 2.75) is 65.2 Å². The largest absolute Gasteiger partial charge is 0.415 e. The SMILES string of the molecule is Cc1ccc(NC(=O)N(c2ccccc2C(C)C)C2CCC2)c(OC(F)F)n1.OCc1ccccc1. The molecule has 36 heavy (non-hydrogen) atoms. The first kappa shape index (κ1) is 27.1. The number of benzene rings is 2. The normalized spacial score (nSPS) is 13.0. The summed E-state index contributed by atoms with van der Waals surface area (Å²) in [5.41, 5.74) is 3.52. The number of amides is 2. The number of carbonyl (C=O) groups is 1. The molecule has 4 rings (SSSR count). The van der Waals surface area contributed by atoms with Crippen LogP contribution in [0.1, 0.15) is 55.8 Å². The van der Waals surface area contributed by atoms with Gasteiger partial charge in [-0.3, -0.25) is 4.90 Å². The van der Waals surface area contributed by atoms with Crippen LogP contribution in [0.5, 0.6) is 5.88 Å². The number of hydrogen-bond acceptors (Lipinski definition) is 4. The van der Waals surface area contributed by atoms with E-state index >= 15 is 0 Å². The molecule has 1 aromatic heterocycles. The second kappa shape index (κ2) is 13.0. The van der Waals surface area contributed by atoms with Crippen LogP contribution in [0.4, 0.5) is 25.0 Å². The number of halogens is 2. The minimum absolute atomic E-state index is 0.0813. The van der Waals surface area contributed by atoms with Crippen LogP contribution in [-0.2, 0) is 6.61 Å². The lowest BCUT2D eigenvalue weighted by molar-refractivity contribution is -0.0523. The first-order chi connectivity index (χ1) is 17.3. The van der Waals surface area contributed by atoms with Gasteiger partial charge in [0.1, 0.15) is 5.69 Å². The monoisotopic (exact) mass is 497 g/mol. The van der Waals surface area contributed by atoms with Crippen molar-refractivity contribution < 1.29 is 23.4 Å². The summed E-state index contributed by atoms with van der Waals surface area (Å²) in [6.45, 7) is 2.95. The fourth-order valence-electron chi connectivity index (χ4n) is 3.87. The molecule has 8 heteroatoms. The van der Waals surface area contributed by atoms with Gasteiger partial charge in [-0.15, -0.1) is 0 Å². The number of carbonyl (C=O) groups excluding carboxylic acids is 1. The number of rotatable bonds is 7. The molecule has 1 aliphatic rings. The summed E-state index contributed by atoms with van der Waals surface area (Å²) in [5.74, 6) is -0.0422. The molecule has 0 saturated heterocycles. The standard InChI is InChI=1S/C21H25F2N3O2.C7H8O/c1-13(2)16-9-4-5-10-18(16)26(15-7-6-8-15)21(27)25-17-12-11-14(3)24-19(17)28-20(22)23;8-6-7-4-2-1-3-5-7/h4-5,9-13,15,20H,6-8H2,1-3H3,(H,25,27);1-5,8H,6H2. The fraction of sp³-hybridized carbons (Fsp3) is 0.357. The maximum absolute atomic E-state index is 13.2. The van der Waals surface area contributed by atoms with Gasteiger partial charge in [-0.1, -0.05) is 62.4 Å². The molecule has 1 heterocycles. The molecule has 0 radical (unpaired) electrons. The maximum Gasteiger partial charge on any atom is 0.388 e. The summed E-state index contributed by atoms with van der Waals surface area (Å²) in [6, 6.07) is 20.2. The number of anilines is 2. The number of ether oxygens (including phenoxy) is 1. The number of aromatic nitrogens is 1. The van der Waals surface area contributed by atoms with Crippen molar-refractivity contribution in [2.24, 2.45) is 0 Å². The molecule has 2 aromatic carbocycles. The van der Waals surface area contributed by atoms with Crippen molar-refractivity contribution in [2.75, 3.05) is 10.2 Å². The predicted molar refractivity (Wildman–Crippen MR) is 138 cm³/mol. The number of nitrogens with one attached hydrogen (secondary N) is 1. The van der Waals surface area contributed by atoms with Gasteiger partial charge in [0.25, 0.3) is 0 Å². The molecule has 192 valence electrons. The van der Waals surface area contributed by atoms with Crippen LogP contribution in [-0.4, -0.2) is 28.8 Å². The Morgan fingerprint density at radius 3 is 2.31 bits per heavy atom. The van der Waals surface area contributed by atoms with E-state index in [2.05, 4.69) is 28.9 Å². The van der Waals surface area contributed by atoms with E-state index in [9.17, 15) is 13.6 Å². The van der Waals surface area contributed by atoms with Crippen LogP contribution in [0.15, 0.2) is 66.7 Å². The lowest BCUT2D eigenvalue weighted by atomic mass is 9.90. The van der Waals surface area contributed by atoms with E-state index in [-0.39, 0.29) is 36.2 Å². The zero-order valence-electron chi connectivity index (χ0n) is 20.8. The van der Waals surface area contributed by atoms with Crippen molar-refractivity contribution in [3.63, 3.8) is 0 Å². The van der Waals surface area contributed by atoms with E-state index in [4.69, 9.17) is 5.11 Å². The summed E-state index contributed by atoms with van der Waals surface area (Å²) in [6.07, 6.45) is 2.88. The van der Waals surface area contributed by atoms with E-state index in [0.717, 1.165) is 36.1 Å². The molecule has 1 fully saturated rings. The minimum atomic E-state index is -3.02. The number of nitrogens with zero attached hydrogens (tertiary/aromatic N) is 2. The van der Waals surface area contributed by atoms with E-state index in [1.54, 1.807) is 17.9 Å². The highest BCUT2D eigenvalue weighted by atomic mass is 19.3. The fourth-order valence-corrected chi connectivity index (χ4v) is 3.87. The van der Waals surface area contributed by atoms with Gasteiger partial charge in [0, 0.05) is 17.4 Å². The highest BCUT2D eigenvalue weighted by Crippen LogP contribution is 2.35. The Morgan fingerprint density at radius 1 is 1.08 bits per heavy atom. The van der Waals surface area contributed by atoms with Gasteiger partial charge in [-0.25, -0.2) is 9.78 Å². The lowest BCUT2D eigenvalue weighted by Crippen LogP contribution is -2.47. The van der Waals surface area contributed by atoms with E-state index in [1.165, 1.54) is 6.07 Å². The zero-order chi connectivity index (χ0) is 26.1. The molecular formula is C28H33F2N3O3. The summed E-state index contributed by atoms with van der Waals surface area (Å²) in [4.78, 5) is 18.9. The molecule has 3 aromatic rings. The Labute approximate surface area is 210 Å². The number of aliphatic hydroxyl groups excluding tert-OH is 1. The summed E-state index contributed by atoms with van der Waals surface area (Å²) in [5, 5.41) is 11.3. The van der Waals surface area contributed by atoms with Crippen LogP contribution in [0, 0.1) is 6.92 Å². The van der Waals surface area contributed by atoms with Crippen LogP contribution >= 0.6 is 0 Å². The highest BCUT2D eigenvalue weighted by molar-refractivity contribution is 6.03.